The maximum Gasteiger partial charge on any atom is 0.306 e. The van der Waals surface area contributed by atoms with Crippen molar-refractivity contribution in [2.24, 2.45) is 11.8 Å². The van der Waals surface area contributed by atoms with Crippen molar-refractivity contribution in [2.45, 2.75) is 26.4 Å². The van der Waals surface area contributed by atoms with Gasteiger partial charge in [-0.2, -0.15) is 0 Å². The number of aliphatic carboxylic acids is 1. The number of anilines is 1. The Kier molecular flexibility index (Phi) is 5.03. The maximum absolute atomic E-state index is 12.3. The zero-order chi connectivity index (χ0) is 17.8. The minimum atomic E-state index is -0.827. The maximum atomic E-state index is 12.3. The predicted molar refractivity (Wildman–Crippen MR) is 94.4 cm³/mol. The molecule has 1 aliphatic rings. The number of para-hydroxylation sites is 1. The van der Waals surface area contributed by atoms with Crippen LogP contribution in [0.4, 0.5) is 5.69 Å². The standard InChI is InChI=1S/C20H21NO4/c1-13-6-5-9-17(18(13)25-12-14-7-3-2-4-8-14)21-19(22)15-10-16(11-15)20(23)24/h2-9,15-16H,10-12H2,1H3,(H,21,22)(H,23,24). The lowest BCUT2D eigenvalue weighted by molar-refractivity contribution is -0.147. The van der Waals surface area contributed by atoms with Crippen LogP contribution in [0.25, 0.3) is 0 Å². The molecule has 3 rings (SSSR count). The van der Waals surface area contributed by atoms with Crippen molar-refractivity contribution in [3.8, 4) is 5.75 Å². The first-order valence-corrected chi connectivity index (χ1v) is 8.34. The molecule has 0 unspecified atom stereocenters. The van der Waals surface area contributed by atoms with Crippen molar-refractivity contribution in [3.05, 3.63) is 59.7 Å². The van der Waals surface area contributed by atoms with Gasteiger partial charge in [-0.1, -0.05) is 42.5 Å². The number of hydrogen-bond donors (Lipinski definition) is 2. The van der Waals surface area contributed by atoms with Crippen molar-refractivity contribution in [2.75, 3.05) is 5.32 Å². The number of aryl methyl sites for hydroxylation is 1. The van der Waals surface area contributed by atoms with Crippen molar-refractivity contribution in [1.82, 2.24) is 0 Å². The molecule has 0 atom stereocenters. The van der Waals surface area contributed by atoms with Crippen LogP contribution < -0.4 is 10.1 Å². The molecule has 0 spiro atoms. The fourth-order valence-electron chi connectivity index (χ4n) is 2.94. The molecule has 5 nitrogen and oxygen atoms in total. The van der Waals surface area contributed by atoms with E-state index in [0.29, 0.717) is 30.9 Å². The van der Waals surface area contributed by atoms with Crippen LogP contribution in [0.2, 0.25) is 0 Å². The summed E-state index contributed by atoms with van der Waals surface area (Å²) in [5, 5.41) is 11.8. The van der Waals surface area contributed by atoms with E-state index >= 15 is 0 Å². The Bertz CT molecular complexity index is 767. The van der Waals surface area contributed by atoms with Crippen LogP contribution >= 0.6 is 0 Å². The summed E-state index contributed by atoms with van der Waals surface area (Å²) in [4.78, 5) is 23.2. The van der Waals surface area contributed by atoms with Crippen molar-refractivity contribution < 1.29 is 19.4 Å². The third-order valence-electron chi connectivity index (χ3n) is 4.55. The molecule has 2 N–H and O–H groups in total. The lowest BCUT2D eigenvalue weighted by atomic mass is 9.74. The molecule has 25 heavy (non-hydrogen) atoms. The molecule has 2 aromatic carbocycles. The second-order valence-electron chi connectivity index (χ2n) is 6.42. The van der Waals surface area contributed by atoms with Crippen LogP contribution in [0.3, 0.4) is 0 Å². The van der Waals surface area contributed by atoms with Crippen molar-refractivity contribution in [3.63, 3.8) is 0 Å². The van der Waals surface area contributed by atoms with Gasteiger partial charge in [0, 0.05) is 5.92 Å². The van der Waals surface area contributed by atoms with Gasteiger partial charge in [0.15, 0.2) is 0 Å². The van der Waals surface area contributed by atoms with Gasteiger partial charge < -0.3 is 15.2 Å². The molecule has 1 saturated carbocycles. The topological polar surface area (TPSA) is 75.6 Å². The van der Waals surface area contributed by atoms with Gasteiger partial charge in [-0.3, -0.25) is 9.59 Å². The summed E-state index contributed by atoms with van der Waals surface area (Å²) in [6.07, 6.45) is 0.792. The Hall–Kier alpha value is -2.82. The van der Waals surface area contributed by atoms with Gasteiger partial charge >= 0.3 is 5.97 Å². The van der Waals surface area contributed by atoms with E-state index in [0.717, 1.165) is 11.1 Å². The Labute approximate surface area is 146 Å². The highest BCUT2D eigenvalue weighted by Crippen LogP contribution is 2.36. The quantitative estimate of drug-likeness (QED) is 0.843. The molecule has 1 fully saturated rings. The van der Waals surface area contributed by atoms with Crippen LogP contribution in [-0.2, 0) is 16.2 Å². The SMILES string of the molecule is Cc1cccc(NC(=O)C2CC(C(=O)O)C2)c1OCc1ccccc1. The van der Waals surface area contributed by atoms with Gasteiger partial charge in [0.05, 0.1) is 11.6 Å². The number of carbonyl (C=O) groups is 2. The first kappa shape index (κ1) is 17.0. The molecule has 5 heteroatoms. The smallest absolute Gasteiger partial charge is 0.306 e. The summed E-state index contributed by atoms with van der Waals surface area (Å²) < 4.78 is 5.94. The van der Waals surface area contributed by atoms with E-state index in [1.54, 1.807) is 6.07 Å². The van der Waals surface area contributed by atoms with Crippen LogP contribution in [0.1, 0.15) is 24.0 Å². The molecule has 1 aliphatic carbocycles. The van der Waals surface area contributed by atoms with Crippen LogP contribution in [0.5, 0.6) is 5.75 Å². The highest BCUT2D eigenvalue weighted by Gasteiger charge is 2.38. The molecular formula is C20H21NO4. The van der Waals surface area contributed by atoms with E-state index in [9.17, 15) is 9.59 Å². The van der Waals surface area contributed by atoms with Gasteiger partial charge in [0.25, 0.3) is 0 Å². The summed E-state index contributed by atoms with van der Waals surface area (Å²) in [7, 11) is 0. The normalized spacial score (nSPS) is 18.9. The van der Waals surface area contributed by atoms with Gasteiger partial charge in [-0.15, -0.1) is 0 Å². The third-order valence-corrected chi connectivity index (χ3v) is 4.55. The summed E-state index contributed by atoms with van der Waals surface area (Å²) in [5.41, 5.74) is 2.61. The lowest BCUT2D eigenvalue weighted by Crippen LogP contribution is -2.38. The number of nitrogens with one attached hydrogen (secondary N) is 1. The third kappa shape index (κ3) is 3.99. The summed E-state index contributed by atoms with van der Waals surface area (Å²) in [5.74, 6) is -0.974. The van der Waals surface area contributed by atoms with Crippen LogP contribution in [0.15, 0.2) is 48.5 Å². The summed E-state index contributed by atoms with van der Waals surface area (Å²) in [6, 6.07) is 15.4. The van der Waals surface area contributed by atoms with Crippen molar-refractivity contribution >= 4 is 17.6 Å². The number of ether oxygens (including phenoxy) is 1. The minimum Gasteiger partial charge on any atom is -0.486 e. The minimum absolute atomic E-state index is 0.146. The van der Waals surface area contributed by atoms with Gasteiger partial charge in [0.1, 0.15) is 12.4 Å². The number of hydrogen-bond acceptors (Lipinski definition) is 3. The fourth-order valence-corrected chi connectivity index (χ4v) is 2.94. The highest BCUT2D eigenvalue weighted by atomic mass is 16.5. The lowest BCUT2D eigenvalue weighted by Gasteiger charge is -2.31. The molecule has 1 amide bonds. The zero-order valence-corrected chi connectivity index (χ0v) is 14.1. The van der Waals surface area contributed by atoms with E-state index in [1.807, 2.05) is 49.4 Å². The van der Waals surface area contributed by atoms with E-state index in [2.05, 4.69) is 5.32 Å². The Balaban J connectivity index is 1.66. The summed E-state index contributed by atoms with van der Waals surface area (Å²) in [6.45, 7) is 2.35. The first-order chi connectivity index (χ1) is 12.0. The molecular weight excluding hydrogens is 318 g/mol. The summed E-state index contributed by atoms with van der Waals surface area (Å²) >= 11 is 0. The number of carboxylic acid groups (broad SMARTS) is 1. The predicted octanol–water partition coefficient (Wildman–Crippen LogP) is 3.62. The van der Waals surface area contributed by atoms with E-state index in [-0.39, 0.29) is 11.8 Å². The average Bonchev–Trinajstić information content (AvgIpc) is 2.53. The Morgan fingerprint density at radius 2 is 1.80 bits per heavy atom. The highest BCUT2D eigenvalue weighted by molar-refractivity contribution is 5.95. The van der Waals surface area contributed by atoms with Crippen molar-refractivity contribution in [1.29, 1.82) is 0 Å². The Morgan fingerprint density at radius 1 is 1.08 bits per heavy atom. The molecule has 130 valence electrons. The molecule has 0 saturated heterocycles. The monoisotopic (exact) mass is 339 g/mol. The van der Waals surface area contributed by atoms with E-state index in [4.69, 9.17) is 9.84 Å². The van der Waals surface area contributed by atoms with E-state index in [1.165, 1.54) is 0 Å². The molecule has 0 heterocycles. The molecule has 0 aliphatic heterocycles. The number of rotatable bonds is 6. The van der Waals surface area contributed by atoms with Gasteiger partial charge in [-0.25, -0.2) is 0 Å². The zero-order valence-electron chi connectivity index (χ0n) is 14.1. The molecule has 0 aromatic heterocycles. The second kappa shape index (κ2) is 7.38. The van der Waals surface area contributed by atoms with Gasteiger partial charge in [0.2, 0.25) is 5.91 Å². The number of benzene rings is 2. The van der Waals surface area contributed by atoms with Gasteiger partial charge in [-0.05, 0) is 37.0 Å². The Morgan fingerprint density at radius 3 is 2.48 bits per heavy atom. The van der Waals surface area contributed by atoms with Crippen LogP contribution in [0, 0.1) is 18.8 Å². The number of carbonyl (C=O) groups excluding carboxylic acids is 1. The molecule has 0 bridgehead atoms. The van der Waals surface area contributed by atoms with Crippen LogP contribution in [-0.4, -0.2) is 17.0 Å². The fraction of sp³-hybridized carbons (Fsp3) is 0.300. The molecule has 2 aromatic rings. The first-order valence-electron chi connectivity index (χ1n) is 8.34. The average molecular weight is 339 g/mol. The second-order valence-corrected chi connectivity index (χ2v) is 6.42. The largest absolute Gasteiger partial charge is 0.486 e. The molecule has 0 radical (unpaired) electrons. The number of amides is 1. The number of carboxylic acids is 1. The van der Waals surface area contributed by atoms with E-state index < -0.39 is 11.9 Å².